The molecule has 0 aromatic heterocycles. The van der Waals surface area contributed by atoms with Crippen molar-refractivity contribution in [2.45, 2.75) is 19.4 Å². The van der Waals surface area contributed by atoms with Gasteiger partial charge in [-0.1, -0.05) is 42.5 Å². The van der Waals surface area contributed by atoms with Gasteiger partial charge in [0.1, 0.15) is 6.61 Å². The number of nitrogens with zero attached hydrogens (tertiary/aromatic N) is 1. The van der Waals surface area contributed by atoms with Crippen molar-refractivity contribution < 1.29 is 14.5 Å². The number of rotatable bonds is 5. The standard InChI is InChI=1S/C16H15NO4/c1-12(14-8-5-9-15(10-14)17(19)20)16(18)21-11-13-6-3-2-4-7-13/h2-10,12H,11H2,1H3. The number of nitro groups is 1. The molecule has 0 radical (unpaired) electrons. The third-order valence-corrected chi connectivity index (χ3v) is 3.16. The van der Waals surface area contributed by atoms with E-state index < -0.39 is 16.8 Å². The summed E-state index contributed by atoms with van der Waals surface area (Å²) in [6.45, 7) is 1.87. The van der Waals surface area contributed by atoms with Crippen LogP contribution < -0.4 is 0 Å². The molecule has 2 rings (SSSR count). The number of nitro benzene ring substituents is 1. The minimum Gasteiger partial charge on any atom is -0.460 e. The van der Waals surface area contributed by atoms with Gasteiger partial charge in [0.25, 0.3) is 5.69 Å². The van der Waals surface area contributed by atoms with Crippen LogP contribution in [0, 0.1) is 10.1 Å². The molecule has 0 heterocycles. The number of carbonyl (C=O) groups is 1. The molecule has 0 aliphatic rings. The number of benzene rings is 2. The van der Waals surface area contributed by atoms with E-state index in [1.54, 1.807) is 19.1 Å². The highest BCUT2D eigenvalue weighted by molar-refractivity contribution is 5.77. The summed E-state index contributed by atoms with van der Waals surface area (Å²) in [6.07, 6.45) is 0. The molecule has 108 valence electrons. The molecule has 0 amide bonds. The van der Waals surface area contributed by atoms with Crippen LogP contribution in [0.1, 0.15) is 24.0 Å². The van der Waals surface area contributed by atoms with Crippen LogP contribution in [0.4, 0.5) is 5.69 Å². The molecule has 0 N–H and O–H groups in total. The van der Waals surface area contributed by atoms with Crippen molar-refractivity contribution >= 4 is 11.7 Å². The maximum atomic E-state index is 12.0. The first kappa shape index (κ1) is 14.7. The van der Waals surface area contributed by atoms with Gasteiger partial charge in [-0.2, -0.15) is 0 Å². The highest BCUT2D eigenvalue weighted by Crippen LogP contribution is 2.22. The molecule has 0 aliphatic heterocycles. The van der Waals surface area contributed by atoms with Gasteiger partial charge in [-0.25, -0.2) is 0 Å². The lowest BCUT2D eigenvalue weighted by molar-refractivity contribution is -0.384. The Kier molecular flexibility index (Phi) is 4.66. The predicted octanol–water partition coefficient (Wildman–Crippen LogP) is 3.44. The van der Waals surface area contributed by atoms with Gasteiger partial charge >= 0.3 is 5.97 Å². The van der Waals surface area contributed by atoms with Crippen molar-refractivity contribution in [2.24, 2.45) is 0 Å². The van der Waals surface area contributed by atoms with Crippen LogP contribution in [-0.4, -0.2) is 10.9 Å². The summed E-state index contributed by atoms with van der Waals surface area (Å²) in [5, 5.41) is 10.7. The number of esters is 1. The number of hydrogen-bond acceptors (Lipinski definition) is 4. The summed E-state index contributed by atoms with van der Waals surface area (Å²) in [6, 6.07) is 15.4. The largest absolute Gasteiger partial charge is 0.460 e. The summed E-state index contributed by atoms with van der Waals surface area (Å²) < 4.78 is 5.24. The second-order valence-electron chi connectivity index (χ2n) is 4.67. The van der Waals surface area contributed by atoms with Gasteiger partial charge in [0.05, 0.1) is 10.8 Å². The minimum atomic E-state index is -0.548. The highest BCUT2D eigenvalue weighted by atomic mass is 16.6. The Bertz CT molecular complexity index is 640. The molecule has 2 aromatic rings. The SMILES string of the molecule is CC(C(=O)OCc1ccccc1)c1cccc([N+](=O)[O-])c1. The van der Waals surface area contributed by atoms with E-state index in [1.165, 1.54) is 12.1 Å². The van der Waals surface area contributed by atoms with Crippen molar-refractivity contribution in [3.8, 4) is 0 Å². The Morgan fingerprint density at radius 3 is 2.57 bits per heavy atom. The van der Waals surface area contributed by atoms with Crippen molar-refractivity contribution in [3.05, 3.63) is 75.8 Å². The molecular weight excluding hydrogens is 270 g/mol. The third kappa shape index (κ3) is 3.89. The zero-order valence-corrected chi connectivity index (χ0v) is 11.6. The van der Waals surface area contributed by atoms with Gasteiger partial charge in [0.15, 0.2) is 0 Å². The van der Waals surface area contributed by atoms with E-state index >= 15 is 0 Å². The molecule has 0 spiro atoms. The van der Waals surface area contributed by atoms with Crippen LogP contribution in [-0.2, 0) is 16.1 Å². The molecule has 1 atom stereocenters. The van der Waals surface area contributed by atoms with Crippen molar-refractivity contribution in [3.63, 3.8) is 0 Å². The molecule has 0 bridgehead atoms. The van der Waals surface area contributed by atoms with Crippen LogP contribution in [0.15, 0.2) is 54.6 Å². The number of hydrogen-bond donors (Lipinski definition) is 0. The topological polar surface area (TPSA) is 69.4 Å². The highest BCUT2D eigenvalue weighted by Gasteiger charge is 2.19. The second-order valence-corrected chi connectivity index (χ2v) is 4.67. The lowest BCUT2D eigenvalue weighted by atomic mass is 10.0. The summed E-state index contributed by atoms with van der Waals surface area (Å²) in [4.78, 5) is 22.3. The molecule has 5 heteroatoms. The van der Waals surface area contributed by atoms with E-state index in [4.69, 9.17) is 4.74 Å². The first-order chi connectivity index (χ1) is 10.1. The minimum absolute atomic E-state index is 0.0322. The second kappa shape index (κ2) is 6.65. The monoisotopic (exact) mass is 285 g/mol. The van der Waals surface area contributed by atoms with Crippen LogP contribution in [0.5, 0.6) is 0 Å². The first-order valence-corrected chi connectivity index (χ1v) is 6.53. The van der Waals surface area contributed by atoms with Crippen LogP contribution in [0.2, 0.25) is 0 Å². The summed E-state index contributed by atoms with van der Waals surface area (Å²) in [7, 11) is 0. The summed E-state index contributed by atoms with van der Waals surface area (Å²) in [5.74, 6) is -0.951. The van der Waals surface area contributed by atoms with Gasteiger partial charge in [0.2, 0.25) is 0 Å². The van der Waals surface area contributed by atoms with E-state index in [1.807, 2.05) is 30.3 Å². The van der Waals surface area contributed by atoms with E-state index in [0.717, 1.165) is 5.56 Å². The quantitative estimate of drug-likeness (QED) is 0.479. The molecule has 0 saturated heterocycles. The summed E-state index contributed by atoms with van der Waals surface area (Å²) >= 11 is 0. The maximum absolute atomic E-state index is 12.0. The van der Waals surface area contributed by atoms with Crippen LogP contribution in [0.3, 0.4) is 0 Å². The van der Waals surface area contributed by atoms with E-state index in [2.05, 4.69) is 0 Å². The summed E-state index contributed by atoms with van der Waals surface area (Å²) in [5.41, 5.74) is 1.44. The van der Waals surface area contributed by atoms with E-state index in [0.29, 0.717) is 5.56 Å². The lowest BCUT2D eigenvalue weighted by Gasteiger charge is -2.11. The Labute approximate surface area is 122 Å². The first-order valence-electron chi connectivity index (χ1n) is 6.53. The third-order valence-electron chi connectivity index (χ3n) is 3.16. The fraction of sp³-hybridized carbons (Fsp3) is 0.188. The van der Waals surface area contributed by atoms with Gasteiger partial charge in [0, 0.05) is 12.1 Å². The molecule has 2 aromatic carbocycles. The average Bonchev–Trinajstić information content (AvgIpc) is 2.53. The van der Waals surface area contributed by atoms with E-state index in [-0.39, 0.29) is 12.3 Å². The van der Waals surface area contributed by atoms with Crippen molar-refractivity contribution in [2.75, 3.05) is 0 Å². The molecule has 1 unspecified atom stereocenters. The number of non-ortho nitro benzene ring substituents is 1. The number of carbonyl (C=O) groups excluding carboxylic acids is 1. The maximum Gasteiger partial charge on any atom is 0.313 e. The van der Waals surface area contributed by atoms with Crippen LogP contribution in [0.25, 0.3) is 0 Å². The van der Waals surface area contributed by atoms with Gasteiger partial charge in [-0.3, -0.25) is 14.9 Å². The fourth-order valence-corrected chi connectivity index (χ4v) is 1.90. The molecule has 0 aliphatic carbocycles. The Balaban J connectivity index is 2.02. The average molecular weight is 285 g/mol. The van der Waals surface area contributed by atoms with E-state index in [9.17, 15) is 14.9 Å². The lowest BCUT2D eigenvalue weighted by Crippen LogP contribution is -2.13. The molecular formula is C16H15NO4. The Morgan fingerprint density at radius 2 is 1.90 bits per heavy atom. The molecule has 5 nitrogen and oxygen atoms in total. The van der Waals surface area contributed by atoms with Gasteiger partial charge in [-0.05, 0) is 18.1 Å². The van der Waals surface area contributed by atoms with Gasteiger partial charge < -0.3 is 4.74 Å². The van der Waals surface area contributed by atoms with Crippen LogP contribution >= 0.6 is 0 Å². The zero-order chi connectivity index (χ0) is 15.2. The molecule has 0 fully saturated rings. The zero-order valence-electron chi connectivity index (χ0n) is 11.6. The number of ether oxygens (including phenoxy) is 1. The Hall–Kier alpha value is -2.69. The Morgan fingerprint density at radius 1 is 1.19 bits per heavy atom. The molecule has 0 saturated carbocycles. The smallest absolute Gasteiger partial charge is 0.313 e. The molecule has 21 heavy (non-hydrogen) atoms. The normalized spacial score (nSPS) is 11.7. The van der Waals surface area contributed by atoms with Gasteiger partial charge in [-0.15, -0.1) is 0 Å². The van der Waals surface area contributed by atoms with Crippen molar-refractivity contribution in [1.82, 2.24) is 0 Å². The fourth-order valence-electron chi connectivity index (χ4n) is 1.90. The van der Waals surface area contributed by atoms with Crippen molar-refractivity contribution in [1.29, 1.82) is 0 Å². The predicted molar refractivity (Wildman–Crippen MR) is 77.7 cm³/mol.